The minimum Gasteiger partial charge on any atom is -0.444 e. The van der Waals surface area contributed by atoms with Crippen molar-refractivity contribution in [3.05, 3.63) is 0 Å². The molecule has 0 saturated carbocycles. The van der Waals surface area contributed by atoms with Gasteiger partial charge in [-0.2, -0.15) is 0 Å². The van der Waals surface area contributed by atoms with Crippen LogP contribution in [0.3, 0.4) is 0 Å². The monoisotopic (exact) mass is 318 g/mol. The van der Waals surface area contributed by atoms with Gasteiger partial charge in [0, 0.05) is 32.3 Å². The van der Waals surface area contributed by atoms with Crippen molar-refractivity contribution in [2.75, 3.05) is 33.5 Å². The zero-order valence-electron chi connectivity index (χ0n) is 15.0. The summed E-state index contributed by atoms with van der Waals surface area (Å²) < 4.78 is 15.8. The standard InChI is InChI=1S/C16H34N2O4/c1-7-21-11-13(2)18-14(12-20-6)9-8-10-17-15(19)22-16(3,4)5/h13-14,18H,7-12H2,1-6H3,(H,17,19). The van der Waals surface area contributed by atoms with Crippen molar-refractivity contribution in [1.82, 2.24) is 10.6 Å². The van der Waals surface area contributed by atoms with Crippen LogP contribution in [-0.4, -0.2) is 57.3 Å². The zero-order chi connectivity index (χ0) is 17.0. The van der Waals surface area contributed by atoms with Gasteiger partial charge in [0.2, 0.25) is 0 Å². The first kappa shape index (κ1) is 21.1. The van der Waals surface area contributed by atoms with Crippen LogP contribution in [-0.2, 0) is 14.2 Å². The van der Waals surface area contributed by atoms with E-state index in [-0.39, 0.29) is 18.2 Å². The summed E-state index contributed by atoms with van der Waals surface area (Å²) in [6.45, 7) is 12.3. The van der Waals surface area contributed by atoms with Crippen molar-refractivity contribution in [3.8, 4) is 0 Å². The molecule has 0 aromatic carbocycles. The second-order valence-corrected chi connectivity index (χ2v) is 6.45. The number of hydrogen-bond acceptors (Lipinski definition) is 5. The highest BCUT2D eigenvalue weighted by Gasteiger charge is 2.16. The Balaban J connectivity index is 3.92. The van der Waals surface area contributed by atoms with Crippen molar-refractivity contribution in [2.45, 2.75) is 65.1 Å². The molecule has 1 amide bonds. The molecule has 2 N–H and O–H groups in total. The summed E-state index contributed by atoms with van der Waals surface area (Å²) in [6, 6.07) is 0.528. The molecule has 0 aliphatic carbocycles. The smallest absolute Gasteiger partial charge is 0.407 e. The number of carbonyl (C=O) groups excluding carboxylic acids is 1. The number of amides is 1. The van der Waals surface area contributed by atoms with Crippen LogP contribution in [0.4, 0.5) is 4.79 Å². The lowest BCUT2D eigenvalue weighted by molar-refractivity contribution is 0.0525. The summed E-state index contributed by atoms with van der Waals surface area (Å²) >= 11 is 0. The largest absolute Gasteiger partial charge is 0.444 e. The third kappa shape index (κ3) is 12.9. The maximum Gasteiger partial charge on any atom is 0.407 e. The van der Waals surface area contributed by atoms with E-state index in [1.54, 1.807) is 7.11 Å². The van der Waals surface area contributed by atoms with Crippen LogP contribution >= 0.6 is 0 Å². The first-order chi connectivity index (χ1) is 10.3. The van der Waals surface area contributed by atoms with E-state index >= 15 is 0 Å². The van der Waals surface area contributed by atoms with E-state index < -0.39 is 5.60 Å². The van der Waals surface area contributed by atoms with Gasteiger partial charge >= 0.3 is 6.09 Å². The van der Waals surface area contributed by atoms with Gasteiger partial charge in [0.15, 0.2) is 0 Å². The molecule has 0 bridgehead atoms. The summed E-state index contributed by atoms with van der Waals surface area (Å²) in [5.41, 5.74) is -0.459. The summed E-state index contributed by atoms with van der Waals surface area (Å²) in [7, 11) is 1.70. The fraction of sp³-hybridized carbons (Fsp3) is 0.938. The first-order valence-electron chi connectivity index (χ1n) is 8.08. The molecular formula is C16H34N2O4. The maximum atomic E-state index is 11.5. The van der Waals surface area contributed by atoms with Crippen molar-refractivity contribution >= 4 is 6.09 Å². The van der Waals surface area contributed by atoms with E-state index in [4.69, 9.17) is 14.2 Å². The van der Waals surface area contributed by atoms with Crippen LogP contribution in [0.15, 0.2) is 0 Å². The average molecular weight is 318 g/mol. The van der Waals surface area contributed by atoms with Crippen molar-refractivity contribution in [3.63, 3.8) is 0 Å². The van der Waals surface area contributed by atoms with Gasteiger partial charge in [-0.1, -0.05) is 0 Å². The molecule has 22 heavy (non-hydrogen) atoms. The zero-order valence-corrected chi connectivity index (χ0v) is 15.0. The van der Waals surface area contributed by atoms with E-state index in [1.807, 2.05) is 27.7 Å². The molecule has 0 rings (SSSR count). The molecule has 0 aromatic heterocycles. The Kier molecular flexibility index (Phi) is 11.2. The molecule has 2 unspecified atom stereocenters. The Labute approximate surface area is 135 Å². The van der Waals surface area contributed by atoms with Crippen LogP contribution in [0.1, 0.15) is 47.5 Å². The van der Waals surface area contributed by atoms with Crippen molar-refractivity contribution in [2.24, 2.45) is 0 Å². The molecule has 6 nitrogen and oxygen atoms in total. The fourth-order valence-corrected chi connectivity index (χ4v) is 2.01. The Morgan fingerprint density at radius 1 is 1.23 bits per heavy atom. The van der Waals surface area contributed by atoms with Crippen molar-refractivity contribution < 1.29 is 19.0 Å². The van der Waals surface area contributed by atoms with Gasteiger partial charge in [-0.3, -0.25) is 0 Å². The van der Waals surface area contributed by atoms with E-state index in [1.165, 1.54) is 0 Å². The number of carbonyl (C=O) groups is 1. The molecule has 0 radical (unpaired) electrons. The fourth-order valence-electron chi connectivity index (χ4n) is 2.01. The van der Waals surface area contributed by atoms with E-state index in [0.717, 1.165) is 19.4 Å². The second-order valence-electron chi connectivity index (χ2n) is 6.45. The summed E-state index contributed by atoms with van der Waals surface area (Å²) in [5, 5.41) is 6.25. The van der Waals surface area contributed by atoms with Gasteiger partial charge in [-0.25, -0.2) is 4.79 Å². The molecule has 6 heteroatoms. The molecule has 0 aliphatic rings. The number of hydrogen-bond donors (Lipinski definition) is 2. The SMILES string of the molecule is CCOCC(C)NC(CCCNC(=O)OC(C)(C)C)COC. The molecule has 132 valence electrons. The number of ether oxygens (including phenoxy) is 3. The average Bonchev–Trinajstić information content (AvgIpc) is 2.39. The number of nitrogens with one attached hydrogen (secondary N) is 2. The second kappa shape index (κ2) is 11.7. The quantitative estimate of drug-likeness (QED) is 0.572. The number of alkyl carbamates (subject to hydrolysis) is 1. The molecule has 0 heterocycles. The minimum atomic E-state index is -0.459. The Bertz CT molecular complexity index is 292. The summed E-state index contributed by atoms with van der Waals surface area (Å²) in [5.74, 6) is 0. The third-order valence-corrected chi connectivity index (χ3v) is 2.86. The van der Waals surface area contributed by atoms with Crippen LogP contribution < -0.4 is 10.6 Å². The Morgan fingerprint density at radius 3 is 2.45 bits per heavy atom. The highest BCUT2D eigenvalue weighted by Crippen LogP contribution is 2.06. The lowest BCUT2D eigenvalue weighted by atomic mass is 10.1. The normalized spacial score (nSPS) is 14.5. The molecular weight excluding hydrogens is 284 g/mol. The number of methoxy groups -OCH3 is 1. The molecule has 0 aromatic rings. The van der Waals surface area contributed by atoms with Crippen molar-refractivity contribution in [1.29, 1.82) is 0 Å². The molecule has 0 aliphatic heterocycles. The minimum absolute atomic E-state index is 0.251. The number of rotatable bonds is 11. The lowest BCUT2D eigenvalue weighted by Crippen LogP contribution is -2.42. The van der Waals surface area contributed by atoms with Gasteiger partial charge < -0.3 is 24.8 Å². The van der Waals surface area contributed by atoms with Crippen LogP contribution in [0.25, 0.3) is 0 Å². The topological polar surface area (TPSA) is 68.8 Å². The van der Waals surface area contributed by atoms with Gasteiger partial charge in [0.25, 0.3) is 0 Å². The summed E-state index contributed by atoms with van der Waals surface area (Å²) in [4.78, 5) is 11.5. The van der Waals surface area contributed by atoms with E-state index in [9.17, 15) is 4.79 Å². The third-order valence-electron chi connectivity index (χ3n) is 2.86. The van der Waals surface area contributed by atoms with Crippen LogP contribution in [0.5, 0.6) is 0 Å². The first-order valence-corrected chi connectivity index (χ1v) is 8.08. The van der Waals surface area contributed by atoms with Crippen LogP contribution in [0, 0.1) is 0 Å². The van der Waals surface area contributed by atoms with E-state index in [2.05, 4.69) is 17.6 Å². The lowest BCUT2D eigenvalue weighted by Gasteiger charge is -2.23. The molecule has 0 saturated heterocycles. The molecule has 2 atom stereocenters. The van der Waals surface area contributed by atoms with Gasteiger partial charge in [-0.05, 0) is 47.5 Å². The highest BCUT2D eigenvalue weighted by molar-refractivity contribution is 5.67. The molecule has 0 fully saturated rings. The Hall–Kier alpha value is -0.850. The Morgan fingerprint density at radius 2 is 1.91 bits per heavy atom. The maximum absolute atomic E-state index is 11.5. The summed E-state index contributed by atoms with van der Waals surface area (Å²) in [6.07, 6.45) is 1.41. The van der Waals surface area contributed by atoms with Crippen LogP contribution in [0.2, 0.25) is 0 Å². The van der Waals surface area contributed by atoms with E-state index in [0.29, 0.717) is 19.8 Å². The predicted octanol–water partition coefficient (Wildman–Crippen LogP) is 2.32. The molecule has 0 spiro atoms. The van der Waals surface area contributed by atoms with Gasteiger partial charge in [0.1, 0.15) is 5.60 Å². The van der Waals surface area contributed by atoms with Gasteiger partial charge in [-0.15, -0.1) is 0 Å². The highest BCUT2D eigenvalue weighted by atomic mass is 16.6. The predicted molar refractivity (Wildman–Crippen MR) is 88.2 cm³/mol. The van der Waals surface area contributed by atoms with Gasteiger partial charge in [0.05, 0.1) is 13.2 Å².